The van der Waals surface area contributed by atoms with Gasteiger partial charge in [0.25, 0.3) is 0 Å². The van der Waals surface area contributed by atoms with Crippen LogP contribution in [-0.2, 0) is 0 Å². The minimum absolute atomic E-state index is 0.0248. The molecule has 4 nitrogen and oxygen atoms in total. The summed E-state index contributed by atoms with van der Waals surface area (Å²) < 4.78 is 0. The summed E-state index contributed by atoms with van der Waals surface area (Å²) in [5.74, 6) is 0.0248. The number of rotatable bonds is 4. The highest BCUT2D eigenvalue weighted by Crippen LogP contribution is 2.45. The predicted molar refractivity (Wildman–Crippen MR) is 105 cm³/mol. The fourth-order valence-electron chi connectivity index (χ4n) is 3.76. The first-order valence-electron chi connectivity index (χ1n) is 8.65. The Morgan fingerprint density at radius 3 is 2.15 bits per heavy atom. The fraction of sp³-hybridized carbons (Fsp3) is 0.136. The molecule has 0 bridgehead atoms. The molecule has 0 radical (unpaired) electrons. The topological polar surface area (TPSA) is 52.6 Å². The quantitative estimate of drug-likeness (QED) is 0.698. The summed E-state index contributed by atoms with van der Waals surface area (Å²) >= 11 is 0. The number of benzene rings is 3. The van der Waals surface area contributed by atoms with Crippen molar-refractivity contribution in [3.63, 3.8) is 0 Å². The first-order valence-corrected chi connectivity index (χ1v) is 8.65. The zero-order valence-electron chi connectivity index (χ0n) is 14.5. The van der Waals surface area contributed by atoms with Gasteiger partial charge in [-0.15, -0.1) is 0 Å². The number of fused-ring (bicyclic) bond motifs is 3. The molecule has 0 aromatic heterocycles. The van der Waals surface area contributed by atoms with E-state index in [0.29, 0.717) is 12.2 Å². The molecule has 0 saturated heterocycles. The van der Waals surface area contributed by atoms with E-state index >= 15 is 0 Å². The van der Waals surface area contributed by atoms with Crippen LogP contribution >= 0.6 is 0 Å². The number of hydrogen-bond donors (Lipinski definition) is 2. The minimum Gasteiger partial charge on any atom is -0.465 e. The smallest absolute Gasteiger partial charge is 0.411 e. The molecule has 0 fully saturated rings. The maximum absolute atomic E-state index is 12.0. The van der Waals surface area contributed by atoms with E-state index in [1.54, 1.807) is 0 Å². The van der Waals surface area contributed by atoms with E-state index in [0.717, 1.165) is 5.69 Å². The molecular weight excluding hydrogens is 324 g/mol. The maximum atomic E-state index is 12.0. The molecule has 2 N–H and O–H groups in total. The third-order valence-corrected chi connectivity index (χ3v) is 5.01. The summed E-state index contributed by atoms with van der Waals surface area (Å²) in [5, 5.41) is 12.9. The predicted octanol–water partition coefficient (Wildman–Crippen LogP) is 5.03. The highest BCUT2D eigenvalue weighted by molar-refractivity contribution is 5.88. The van der Waals surface area contributed by atoms with Gasteiger partial charge in [0.1, 0.15) is 0 Å². The van der Waals surface area contributed by atoms with Crippen molar-refractivity contribution in [2.24, 2.45) is 0 Å². The molecule has 0 aliphatic heterocycles. The molecule has 26 heavy (non-hydrogen) atoms. The van der Waals surface area contributed by atoms with Gasteiger partial charge < -0.3 is 10.4 Å². The van der Waals surface area contributed by atoms with Crippen LogP contribution < -0.4 is 10.2 Å². The first kappa shape index (κ1) is 16.2. The van der Waals surface area contributed by atoms with Gasteiger partial charge in [-0.2, -0.15) is 0 Å². The van der Waals surface area contributed by atoms with E-state index in [4.69, 9.17) is 0 Å². The Labute approximate surface area is 152 Å². The molecule has 1 aliphatic carbocycles. The lowest BCUT2D eigenvalue weighted by atomic mass is 9.96. The van der Waals surface area contributed by atoms with Crippen LogP contribution in [0.25, 0.3) is 11.1 Å². The van der Waals surface area contributed by atoms with Crippen LogP contribution in [-0.4, -0.2) is 24.8 Å². The van der Waals surface area contributed by atoms with Gasteiger partial charge in [0.2, 0.25) is 0 Å². The van der Waals surface area contributed by atoms with Crippen LogP contribution in [0.5, 0.6) is 0 Å². The lowest BCUT2D eigenvalue weighted by molar-refractivity contribution is 0.201. The van der Waals surface area contributed by atoms with Gasteiger partial charge in [-0.05, 0) is 40.5 Å². The van der Waals surface area contributed by atoms with E-state index in [9.17, 15) is 9.90 Å². The van der Waals surface area contributed by atoms with Gasteiger partial charge in [-0.25, -0.2) is 4.79 Å². The van der Waals surface area contributed by atoms with E-state index < -0.39 is 6.09 Å². The molecule has 0 atom stereocenters. The molecule has 0 spiro atoms. The Kier molecular flexibility index (Phi) is 4.09. The second-order valence-corrected chi connectivity index (χ2v) is 6.42. The zero-order chi connectivity index (χ0) is 18.1. The molecule has 4 heteroatoms. The van der Waals surface area contributed by atoms with Crippen LogP contribution in [0.4, 0.5) is 16.2 Å². The third-order valence-electron chi connectivity index (χ3n) is 5.01. The average Bonchev–Trinajstić information content (AvgIpc) is 3.00. The molecule has 3 aromatic rings. The van der Waals surface area contributed by atoms with Gasteiger partial charge in [0.15, 0.2) is 0 Å². The summed E-state index contributed by atoms with van der Waals surface area (Å²) in [6.07, 6.45) is -0.944. The molecule has 1 aliphatic rings. The monoisotopic (exact) mass is 344 g/mol. The van der Waals surface area contributed by atoms with Crippen molar-refractivity contribution >= 4 is 17.5 Å². The van der Waals surface area contributed by atoms with Crippen LogP contribution in [0.3, 0.4) is 0 Å². The lowest BCUT2D eigenvalue weighted by Gasteiger charge is -2.25. The zero-order valence-corrected chi connectivity index (χ0v) is 14.5. The highest BCUT2D eigenvalue weighted by atomic mass is 16.4. The number of carboxylic acid groups (broad SMARTS) is 1. The summed E-state index contributed by atoms with van der Waals surface area (Å²) in [7, 11) is 1.83. The SMILES string of the molecule is CNc1cccc(N(CC2c3ccccc3-c3ccccc32)C(=O)O)c1. The average molecular weight is 344 g/mol. The third kappa shape index (κ3) is 2.69. The Balaban J connectivity index is 1.76. The van der Waals surface area contributed by atoms with Crippen molar-refractivity contribution in [3.05, 3.63) is 83.9 Å². The molecule has 3 aromatic carbocycles. The van der Waals surface area contributed by atoms with Crippen molar-refractivity contribution in [2.45, 2.75) is 5.92 Å². The van der Waals surface area contributed by atoms with Gasteiger partial charge >= 0.3 is 6.09 Å². The first-order chi connectivity index (χ1) is 12.7. The summed E-state index contributed by atoms with van der Waals surface area (Å²) in [4.78, 5) is 13.5. The van der Waals surface area contributed by atoms with Crippen molar-refractivity contribution < 1.29 is 9.90 Å². The molecular formula is C22H20N2O2. The molecule has 0 saturated carbocycles. The summed E-state index contributed by atoms with van der Waals surface area (Å²) in [6.45, 7) is 0.385. The Bertz CT molecular complexity index is 922. The van der Waals surface area contributed by atoms with Gasteiger partial charge in [0.05, 0.1) is 0 Å². The van der Waals surface area contributed by atoms with E-state index in [2.05, 4.69) is 29.6 Å². The van der Waals surface area contributed by atoms with Gasteiger partial charge in [0, 0.05) is 30.9 Å². The lowest BCUT2D eigenvalue weighted by Crippen LogP contribution is -2.33. The minimum atomic E-state index is -0.944. The molecule has 1 amide bonds. The van der Waals surface area contributed by atoms with Crippen molar-refractivity contribution in [1.29, 1.82) is 0 Å². The van der Waals surface area contributed by atoms with Crippen molar-refractivity contribution in [1.82, 2.24) is 0 Å². The van der Waals surface area contributed by atoms with Gasteiger partial charge in [-0.3, -0.25) is 4.90 Å². The van der Waals surface area contributed by atoms with E-state index in [1.807, 2.05) is 55.6 Å². The molecule has 0 heterocycles. The molecule has 4 rings (SSSR count). The Morgan fingerprint density at radius 1 is 0.962 bits per heavy atom. The fourth-order valence-corrected chi connectivity index (χ4v) is 3.76. The summed E-state index contributed by atoms with van der Waals surface area (Å²) in [6, 6.07) is 24.0. The number of nitrogens with zero attached hydrogens (tertiary/aromatic N) is 1. The molecule has 130 valence electrons. The second kappa shape index (κ2) is 6.56. The number of amides is 1. The van der Waals surface area contributed by atoms with Crippen LogP contribution in [0, 0.1) is 0 Å². The largest absolute Gasteiger partial charge is 0.465 e. The maximum Gasteiger partial charge on any atom is 0.411 e. The Morgan fingerprint density at radius 2 is 1.58 bits per heavy atom. The number of nitrogens with one attached hydrogen (secondary N) is 1. The van der Waals surface area contributed by atoms with E-state index in [-0.39, 0.29) is 5.92 Å². The number of carbonyl (C=O) groups is 1. The van der Waals surface area contributed by atoms with Crippen molar-refractivity contribution in [2.75, 3.05) is 23.8 Å². The van der Waals surface area contributed by atoms with Gasteiger partial charge in [-0.1, -0.05) is 54.6 Å². The highest BCUT2D eigenvalue weighted by Gasteiger charge is 2.31. The molecule has 0 unspecified atom stereocenters. The number of hydrogen-bond acceptors (Lipinski definition) is 2. The van der Waals surface area contributed by atoms with Crippen LogP contribution in [0.1, 0.15) is 17.0 Å². The normalized spacial score (nSPS) is 12.3. The summed E-state index contributed by atoms with van der Waals surface area (Å²) in [5.41, 5.74) is 6.33. The van der Waals surface area contributed by atoms with Crippen LogP contribution in [0.15, 0.2) is 72.8 Å². The van der Waals surface area contributed by atoms with Crippen molar-refractivity contribution in [3.8, 4) is 11.1 Å². The van der Waals surface area contributed by atoms with Crippen LogP contribution in [0.2, 0.25) is 0 Å². The second-order valence-electron chi connectivity index (χ2n) is 6.42. The van der Waals surface area contributed by atoms with E-state index in [1.165, 1.54) is 27.2 Å². The number of anilines is 2. The standard InChI is InChI=1S/C22H20N2O2/c1-23-15-7-6-8-16(13-15)24(22(25)26)14-21-19-11-4-2-9-17(19)18-10-3-5-12-20(18)21/h2-13,21,23H,14H2,1H3,(H,25,26). The Hall–Kier alpha value is -3.27.